The van der Waals surface area contributed by atoms with Crippen LogP contribution >= 0.6 is 11.8 Å². The van der Waals surface area contributed by atoms with E-state index >= 15 is 0 Å². The van der Waals surface area contributed by atoms with Gasteiger partial charge in [-0.1, -0.05) is 6.92 Å². The van der Waals surface area contributed by atoms with Crippen LogP contribution in [-0.2, 0) is 6.42 Å². The highest BCUT2D eigenvalue weighted by Gasteiger charge is 2.02. The number of aromatic nitrogens is 2. The molecule has 0 spiro atoms. The van der Waals surface area contributed by atoms with Gasteiger partial charge in [-0.3, -0.25) is 0 Å². The molecule has 1 heterocycles. The molecule has 0 fully saturated rings. The van der Waals surface area contributed by atoms with Crippen molar-refractivity contribution in [1.29, 1.82) is 0 Å². The second-order valence-corrected chi connectivity index (χ2v) is 5.05. The van der Waals surface area contributed by atoms with Crippen molar-refractivity contribution in [2.24, 2.45) is 0 Å². The molecule has 1 aromatic rings. The van der Waals surface area contributed by atoms with E-state index in [2.05, 4.69) is 40.7 Å². The molecule has 0 bridgehead atoms. The Kier molecular flexibility index (Phi) is 7.57. The number of aryl methyl sites for hydroxylation is 1. The summed E-state index contributed by atoms with van der Waals surface area (Å²) in [5, 5.41) is 6.62. The average molecular weight is 268 g/mol. The summed E-state index contributed by atoms with van der Waals surface area (Å²) in [7, 11) is 0. The topological polar surface area (TPSA) is 49.8 Å². The van der Waals surface area contributed by atoms with Crippen LogP contribution in [0.15, 0.2) is 6.07 Å². The molecule has 2 N–H and O–H groups in total. The Morgan fingerprint density at radius 1 is 1.11 bits per heavy atom. The molecule has 5 heteroatoms. The number of hydrogen-bond acceptors (Lipinski definition) is 5. The maximum atomic E-state index is 4.48. The minimum absolute atomic E-state index is 0.861. The Bertz CT molecular complexity index is 344. The molecule has 0 unspecified atom stereocenters. The Morgan fingerprint density at radius 3 is 2.44 bits per heavy atom. The fourth-order valence-electron chi connectivity index (χ4n) is 1.61. The van der Waals surface area contributed by atoms with E-state index < -0.39 is 0 Å². The van der Waals surface area contributed by atoms with Crippen molar-refractivity contribution in [3.63, 3.8) is 0 Å². The van der Waals surface area contributed by atoms with Crippen LogP contribution in [-0.4, -0.2) is 35.1 Å². The van der Waals surface area contributed by atoms with Crippen molar-refractivity contribution >= 4 is 23.4 Å². The lowest BCUT2D eigenvalue weighted by Gasteiger charge is -2.09. The van der Waals surface area contributed by atoms with Gasteiger partial charge in [0.2, 0.25) is 0 Å². The maximum Gasteiger partial charge on any atom is 0.132 e. The molecule has 1 aromatic heterocycles. The van der Waals surface area contributed by atoms with E-state index in [0.717, 1.165) is 37.0 Å². The van der Waals surface area contributed by atoms with Crippen LogP contribution in [0.1, 0.15) is 32.5 Å². The third-order valence-corrected chi connectivity index (χ3v) is 3.22. The van der Waals surface area contributed by atoms with Gasteiger partial charge in [-0.25, -0.2) is 9.97 Å². The SMILES string of the molecule is CCNc1cc(NCCCCSC)nc(CC)n1. The third kappa shape index (κ3) is 5.58. The fourth-order valence-corrected chi connectivity index (χ4v) is 2.10. The Hall–Kier alpha value is -0.970. The van der Waals surface area contributed by atoms with Gasteiger partial charge in [-0.15, -0.1) is 0 Å². The molecule has 0 aromatic carbocycles. The Morgan fingerprint density at radius 2 is 1.83 bits per heavy atom. The average Bonchev–Trinajstić information content (AvgIpc) is 2.38. The van der Waals surface area contributed by atoms with Gasteiger partial charge in [0.05, 0.1) is 0 Å². The first-order valence-corrected chi connectivity index (χ1v) is 8.04. The summed E-state index contributed by atoms with van der Waals surface area (Å²) < 4.78 is 0. The van der Waals surface area contributed by atoms with Crippen LogP contribution < -0.4 is 10.6 Å². The first kappa shape index (κ1) is 15.1. The summed E-state index contributed by atoms with van der Waals surface area (Å²) in [5.41, 5.74) is 0. The van der Waals surface area contributed by atoms with E-state index in [9.17, 15) is 0 Å². The molecule has 0 saturated carbocycles. The van der Waals surface area contributed by atoms with Gasteiger partial charge in [-0.05, 0) is 31.8 Å². The molecule has 0 aliphatic carbocycles. The summed E-state index contributed by atoms with van der Waals surface area (Å²) in [5.74, 6) is 3.96. The second kappa shape index (κ2) is 9.03. The smallest absolute Gasteiger partial charge is 0.132 e. The minimum Gasteiger partial charge on any atom is -0.370 e. The summed E-state index contributed by atoms with van der Waals surface area (Å²) >= 11 is 1.90. The van der Waals surface area contributed by atoms with Crippen molar-refractivity contribution in [1.82, 2.24) is 9.97 Å². The highest BCUT2D eigenvalue weighted by Crippen LogP contribution is 2.12. The van der Waals surface area contributed by atoms with E-state index in [0.29, 0.717) is 0 Å². The fraction of sp³-hybridized carbons (Fsp3) is 0.692. The lowest BCUT2D eigenvalue weighted by Crippen LogP contribution is -2.08. The molecule has 4 nitrogen and oxygen atoms in total. The van der Waals surface area contributed by atoms with Crippen LogP contribution in [0, 0.1) is 0 Å². The molecule has 0 amide bonds. The molecule has 0 atom stereocenters. The zero-order valence-corrected chi connectivity index (χ0v) is 12.4. The third-order valence-electron chi connectivity index (χ3n) is 2.53. The molecule has 0 saturated heterocycles. The monoisotopic (exact) mass is 268 g/mol. The molecule has 18 heavy (non-hydrogen) atoms. The lowest BCUT2D eigenvalue weighted by atomic mass is 10.3. The number of rotatable bonds is 9. The molecule has 0 radical (unpaired) electrons. The number of thioether (sulfide) groups is 1. The van der Waals surface area contributed by atoms with Crippen molar-refractivity contribution in [3.8, 4) is 0 Å². The first-order chi connectivity index (χ1) is 8.80. The van der Waals surface area contributed by atoms with Gasteiger partial charge in [-0.2, -0.15) is 11.8 Å². The second-order valence-electron chi connectivity index (χ2n) is 4.07. The van der Waals surface area contributed by atoms with Crippen LogP contribution in [0.5, 0.6) is 0 Å². The zero-order valence-electron chi connectivity index (χ0n) is 11.6. The number of anilines is 2. The summed E-state index contributed by atoms with van der Waals surface area (Å²) in [6.45, 7) is 6.01. The van der Waals surface area contributed by atoms with Crippen LogP contribution in [0.2, 0.25) is 0 Å². The van der Waals surface area contributed by atoms with Gasteiger partial charge in [0.1, 0.15) is 17.5 Å². The molecular weight excluding hydrogens is 244 g/mol. The van der Waals surface area contributed by atoms with E-state index in [-0.39, 0.29) is 0 Å². The van der Waals surface area contributed by atoms with Gasteiger partial charge in [0.15, 0.2) is 0 Å². The predicted molar refractivity (Wildman–Crippen MR) is 81.7 cm³/mol. The van der Waals surface area contributed by atoms with E-state index in [1.807, 2.05) is 17.8 Å². The van der Waals surface area contributed by atoms with Gasteiger partial charge >= 0.3 is 0 Å². The quantitative estimate of drug-likeness (QED) is 0.674. The standard InChI is InChI=1S/C13H24N4S/c1-4-11-16-12(14-5-2)10-13(17-11)15-8-6-7-9-18-3/h10H,4-9H2,1-3H3,(H2,14,15,16,17). The molecule has 0 aliphatic rings. The van der Waals surface area contributed by atoms with E-state index in [1.54, 1.807) is 0 Å². The largest absolute Gasteiger partial charge is 0.370 e. The predicted octanol–water partition coefficient (Wildman–Crippen LogP) is 3.03. The van der Waals surface area contributed by atoms with Gasteiger partial charge < -0.3 is 10.6 Å². The summed E-state index contributed by atoms with van der Waals surface area (Å²) in [6, 6.07) is 1.98. The van der Waals surface area contributed by atoms with E-state index in [1.165, 1.54) is 18.6 Å². The normalized spacial score (nSPS) is 10.4. The molecule has 1 rings (SSSR count). The number of hydrogen-bond donors (Lipinski definition) is 2. The summed E-state index contributed by atoms with van der Waals surface area (Å²) in [6.07, 6.45) is 5.44. The number of unbranched alkanes of at least 4 members (excludes halogenated alkanes) is 1. The Balaban J connectivity index is 2.50. The minimum atomic E-state index is 0.861. The highest BCUT2D eigenvalue weighted by molar-refractivity contribution is 7.98. The van der Waals surface area contributed by atoms with Crippen LogP contribution in [0.25, 0.3) is 0 Å². The van der Waals surface area contributed by atoms with E-state index in [4.69, 9.17) is 0 Å². The number of nitrogens with zero attached hydrogens (tertiary/aromatic N) is 2. The molecule has 102 valence electrons. The summed E-state index contributed by atoms with van der Waals surface area (Å²) in [4.78, 5) is 8.92. The molecular formula is C13H24N4S. The van der Waals surface area contributed by atoms with Crippen molar-refractivity contribution < 1.29 is 0 Å². The molecule has 0 aliphatic heterocycles. The Labute approximate surface area is 114 Å². The van der Waals surface area contributed by atoms with Crippen LogP contribution in [0.4, 0.5) is 11.6 Å². The first-order valence-electron chi connectivity index (χ1n) is 6.64. The van der Waals surface area contributed by atoms with Crippen molar-refractivity contribution in [2.45, 2.75) is 33.1 Å². The van der Waals surface area contributed by atoms with Crippen LogP contribution in [0.3, 0.4) is 0 Å². The maximum absolute atomic E-state index is 4.48. The van der Waals surface area contributed by atoms with Gasteiger partial charge in [0.25, 0.3) is 0 Å². The lowest BCUT2D eigenvalue weighted by molar-refractivity contribution is 0.834. The zero-order chi connectivity index (χ0) is 13.2. The van der Waals surface area contributed by atoms with Crippen molar-refractivity contribution in [3.05, 3.63) is 11.9 Å². The highest BCUT2D eigenvalue weighted by atomic mass is 32.2. The number of nitrogens with one attached hydrogen (secondary N) is 2. The van der Waals surface area contributed by atoms with Crippen molar-refractivity contribution in [2.75, 3.05) is 35.7 Å². The van der Waals surface area contributed by atoms with Gasteiger partial charge in [0, 0.05) is 25.6 Å².